The van der Waals surface area contributed by atoms with Crippen molar-refractivity contribution in [3.8, 4) is 0 Å². The van der Waals surface area contributed by atoms with Crippen molar-refractivity contribution < 1.29 is 22.2 Å². The molecule has 0 bridgehead atoms. The van der Waals surface area contributed by atoms with Crippen LogP contribution >= 0.6 is 0 Å². The third-order valence-corrected chi connectivity index (χ3v) is 17.1. The Labute approximate surface area is 151 Å². The molecule has 1 aliphatic rings. The minimum absolute atomic E-state index is 0.115. The summed E-state index contributed by atoms with van der Waals surface area (Å²) in [7, 11) is -5.06. The molecule has 3 atom stereocenters. The molecule has 0 saturated carbocycles. The minimum atomic E-state index is -2.31. The molecule has 1 fully saturated rings. The summed E-state index contributed by atoms with van der Waals surface area (Å²) in [5, 5.41) is 0. The second-order valence-corrected chi connectivity index (χ2v) is 19.2. The maximum atomic E-state index is 11.9. The van der Waals surface area contributed by atoms with Gasteiger partial charge in [0, 0.05) is 6.61 Å². The quantitative estimate of drug-likeness (QED) is 0.513. The van der Waals surface area contributed by atoms with Crippen LogP contribution in [0.3, 0.4) is 0 Å². The molecule has 0 N–H and O–H groups in total. The van der Waals surface area contributed by atoms with Crippen molar-refractivity contribution in [1.29, 1.82) is 0 Å². The molecule has 0 amide bonds. The lowest BCUT2D eigenvalue weighted by atomic mass is 10.2. The third kappa shape index (κ3) is 7.09. The van der Waals surface area contributed by atoms with Gasteiger partial charge in [-0.3, -0.25) is 4.79 Å². The second-order valence-electron chi connectivity index (χ2n) is 7.87. The van der Waals surface area contributed by atoms with Crippen LogP contribution in [0, 0.1) is 5.92 Å². The Morgan fingerprint density at radius 2 is 1.83 bits per heavy atom. The van der Waals surface area contributed by atoms with Gasteiger partial charge in [-0.25, -0.2) is 0 Å². The molecule has 0 aromatic rings. The molecule has 1 aliphatic heterocycles. The summed E-state index contributed by atoms with van der Waals surface area (Å²) in [5.74, 6) is -0.252. The monoisotopic (exact) mass is 392 g/mol. The first-order valence-electron chi connectivity index (χ1n) is 9.17. The van der Waals surface area contributed by atoms with Crippen molar-refractivity contribution in [3.63, 3.8) is 0 Å². The molecule has 0 radical (unpaired) electrons. The van der Waals surface area contributed by atoms with Gasteiger partial charge in [-0.05, 0) is 50.7 Å². The predicted molar refractivity (Wildman–Crippen MR) is 104 cm³/mol. The van der Waals surface area contributed by atoms with E-state index < -0.39 is 25.4 Å². The van der Waals surface area contributed by atoms with Gasteiger partial charge in [0.2, 0.25) is 0 Å². The first kappa shape index (κ1) is 22.0. The number of methoxy groups -OCH3 is 1. The lowest BCUT2D eigenvalue weighted by molar-refractivity contribution is -0.144. The Hall–Kier alpha value is 0.000649. The topological polar surface area (TPSA) is 54.0 Å². The Kier molecular flexibility index (Phi) is 8.35. The van der Waals surface area contributed by atoms with Crippen molar-refractivity contribution in [1.82, 2.24) is 0 Å². The summed E-state index contributed by atoms with van der Waals surface area (Å²) in [6.07, 6.45) is 3.17. The van der Waals surface area contributed by atoms with Gasteiger partial charge in [0.05, 0.1) is 13.0 Å². The number of ether oxygens (including phenoxy) is 1. The van der Waals surface area contributed by atoms with Crippen LogP contribution in [0.1, 0.15) is 33.1 Å². The predicted octanol–water partition coefficient (Wildman–Crippen LogP) is 4.40. The van der Waals surface area contributed by atoms with Crippen LogP contribution in [0.15, 0.2) is 0 Å². The van der Waals surface area contributed by atoms with E-state index in [0.717, 1.165) is 44.0 Å². The molecule has 0 aromatic heterocycles. The summed E-state index contributed by atoms with van der Waals surface area (Å²) in [6, 6.07) is 2.83. The Bertz CT molecular complexity index is 421. The van der Waals surface area contributed by atoms with Gasteiger partial charge in [-0.15, -0.1) is 0 Å². The lowest BCUT2D eigenvalue weighted by Gasteiger charge is -2.43. The fourth-order valence-electron chi connectivity index (χ4n) is 3.69. The molecule has 0 spiro atoms. The van der Waals surface area contributed by atoms with Gasteiger partial charge >= 0.3 is 23.1 Å². The molecule has 0 aliphatic carbocycles. The normalized spacial score (nSPS) is 32.8. The Balaban J connectivity index is 3.01. The van der Waals surface area contributed by atoms with Crippen LogP contribution < -0.4 is 0 Å². The van der Waals surface area contributed by atoms with Gasteiger partial charge in [0.15, 0.2) is 8.32 Å². The van der Waals surface area contributed by atoms with Gasteiger partial charge in [0.25, 0.3) is 0 Å². The molecule has 8 heteroatoms. The zero-order valence-corrected chi connectivity index (χ0v) is 19.6. The van der Waals surface area contributed by atoms with Crippen molar-refractivity contribution in [3.05, 3.63) is 0 Å². The zero-order chi connectivity index (χ0) is 18.4. The van der Waals surface area contributed by atoms with E-state index in [4.69, 9.17) is 17.4 Å². The third-order valence-electron chi connectivity index (χ3n) is 4.52. The average molecular weight is 393 g/mol. The minimum Gasteiger partial charge on any atom is -0.469 e. The number of carbonyl (C=O) groups excluding carboxylic acids is 1. The first-order valence-corrected chi connectivity index (χ1v) is 17.3. The highest BCUT2D eigenvalue weighted by Crippen LogP contribution is 2.33. The van der Waals surface area contributed by atoms with Crippen LogP contribution in [-0.2, 0) is 22.2 Å². The molecule has 1 rings (SSSR count). The SMILES string of the molecule is CCC[Si]1(C)O[Si](C)(CC(C)C(=O)OC)CCCCO[Si](C)(C)O1. The molecule has 1 saturated heterocycles. The lowest BCUT2D eigenvalue weighted by Crippen LogP contribution is -2.57. The molecule has 3 unspecified atom stereocenters. The van der Waals surface area contributed by atoms with Crippen LogP contribution in [0.25, 0.3) is 0 Å². The van der Waals surface area contributed by atoms with Crippen molar-refractivity contribution in [2.24, 2.45) is 5.92 Å². The Morgan fingerprint density at radius 3 is 2.42 bits per heavy atom. The van der Waals surface area contributed by atoms with E-state index in [0.29, 0.717) is 0 Å². The number of carbonyl (C=O) groups is 1. The van der Waals surface area contributed by atoms with Crippen LogP contribution in [-0.4, -0.2) is 45.1 Å². The van der Waals surface area contributed by atoms with Crippen molar-refractivity contribution in [2.45, 2.75) is 77.4 Å². The number of hydrogen-bond donors (Lipinski definition) is 0. The number of hydrogen-bond acceptors (Lipinski definition) is 5. The summed E-state index contributed by atoms with van der Waals surface area (Å²) < 4.78 is 24.4. The van der Waals surface area contributed by atoms with E-state index in [2.05, 4.69) is 33.1 Å². The zero-order valence-electron chi connectivity index (χ0n) is 16.6. The van der Waals surface area contributed by atoms with Crippen molar-refractivity contribution >= 4 is 31.4 Å². The molecular formula is C16H36O5Si3. The molecular weight excluding hydrogens is 356 g/mol. The Morgan fingerprint density at radius 1 is 1.17 bits per heavy atom. The fourth-order valence-corrected chi connectivity index (χ4v) is 18.6. The molecule has 0 aromatic carbocycles. The van der Waals surface area contributed by atoms with E-state index in [-0.39, 0.29) is 11.9 Å². The summed E-state index contributed by atoms with van der Waals surface area (Å²) in [5.41, 5.74) is 0. The summed E-state index contributed by atoms with van der Waals surface area (Å²) in [4.78, 5) is 11.9. The largest absolute Gasteiger partial charge is 0.469 e. The molecule has 5 nitrogen and oxygen atoms in total. The van der Waals surface area contributed by atoms with Crippen LogP contribution in [0.5, 0.6) is 0 Å². The smallest absolute Gasteiger partial charge is 0.322 e. The molecule has 1 heterocycles. The van der Waals surface area contributed by atoms with Crippen LogP contribution in [0.2, 0.25) is 44.3 Å². The second kappa shape index (κ2) is 9.09. The highest BCUT2D eigenvalue weighted by Gasteiger charge is 2.46. The van der Waals surface area contributed by atoms with Gasteiger partial charge < -0.3 is 17.4 Å². The molecule has 142 valence electrons. The number of rotatable bonds is 5. The van der Waals surface area contributed by atoms with Crippen molar-refractivity contribution in [2.75, 3.05) is 13.7 Å². The van der Waals surface area contributed by atoms with E-state index >= 15 is 0 Å². The fraction of sp³-hybridized carbons (Fsp3) is 0.938. The highest BCUT2D eigenvalue weighted by molar-refractivity contribution is 6.87. The van der Waals surface area contributed by atoms with Gasteiger partial charge in [0.1, 0.15) is 0 Å². The number of esters is 1. The average Bonchev–Trinajstić information content (AvgIpc) is 2.43. The summed E-state index contributed by atoms with van der Waals surface area (Å²) in [6.45, 7) is 13.6. The maximum Gasteiger partial charge on any atom is 0.322 e. The van der Waals surface area contributed by atoms with Gasteiger partial charge in [-0.1, -0.05) is 26.7 Å². The first-order chi connectivity index (χ1) is 11.0. The van der Waals surface area contributed by atoms with E-state index in [1.165, 1.54) is 7.11 Å². The van der Waals surface area contributed by atoms with E-state index in [1.807, 2.05) is 6.92 Å². The van der Waals surface area contributed by atoms with E-state index in [1.54, 1.807) is 0 Å². The summed E-state index contributed by atoms with van der Waals surface area (Å²) >= 11 is 0. The highest BCUT2D eigenvalue weighted by atomic mass is 28.5. The van der Waals surface area contributed by atoms with Gasteiger partial charge in [-0.2, -0.15) is 0 Å². The van der Waals surface area contributed by atoms with Crippen LogP contribution in [0.4, 0.5) is 0 Å². The maximum absolute atomic E-state index is 11.9. The van der Waals surface area contributed by atoms with E-state index in [9.17, 15) is 4.79 Å². The molecule has 24 heavy (non-hydrogen) atoms. The standard InChI is InChI=1S/C16H36O5Si3/c1-8-12-24(7)20-22(4,5)19-11-9-10-13-23(6,21-24)14-15(2)16(17)18-3/h15H,8-14H2,1-7H3.